The minimum atomic E-state index is -0.638. The van der Waals surface area contributed by atoms with Gasteiger partial charge in [0.2, 0.25) is 5.91 Å². The Morgan fingerprint density at radius 2 is 1.95 bits per heavy atom. The Labute approximate surface area is 127 Å². The number of carbonyl (C=O) groups excluding carboxylic acids is 1. The summed E-state index contributed by atoms with van der Waals surface area (Å²) in [5.41, 5.74) is 7.51. The number of halogens is 1. The van der Waals surface area contributed by atoms with E-state index in [2.05, 4.69) is 5.32 Å². The van der Waals surface area contributed by atoms with Crippen molar-refractivity contribution in [1.29, 1.82) is 0 Å². The number of amides is 1. The summed E-state index contributed by atoms with van der Waals surface area (Å²) >= 11 is 1.68. The molecule has 2 rings (SSSR count). The summed E-state index contributed by atoms with van der Waals surface area (Å²) in [5.74, 6) is -1.08. The highest BCUT2D eigenvalue weighted by atomic mass is 32.2. The van der Waals surface area contributed by atoms with E-state index in [1.807, 2.05) is 30.5 Å². The van der Waals surface area contributed by atoms with Gasteiger partial charge < -0.3 is 11.1 Å². The van der Waals surface area contributed by atoms with Gasteiger partial charge in [-0.25, -0.2) is 4.39 Å². The number of benzene rings is 2. The first-order valence-corrected chi connectivity index (χ1v) is 7.70. The van der Waals surface area contributed by atoms with Crippen LogP contribution in [0.15, 0.2) is 41.3 Å². The largest absolute Gasteiger partial charge is 0.381 e. The second-order valence-corrected chi connectivity index (χ2v) is 5.58. The maximum absolute atomic E-state index is 13.8. The second kappa shape index (κ2) is 6.63. The van der Waals surface area contributed by atoms with Crippen molar-refractivity contribution >= 4 is 23.4 Å². The van der Waals surface area contributed by atoms with E-state index in [1.54, 1.807) is 24.8 Å². The summed E-state index contributed by atoms with van der Waals surface area (Å²) in [4.78, 5) is 12.4. The molecule has 110 valence electrons. The van der Waals surface area contributed by atoms with Crippen molar-refractivity contribution in [2.45, 2.75) is 18.4 Å². The maximum atomic E-state index is 13.8. The fraction of sp³-hybridized carbons (Fsp3) is 0.188. The molecule has 0 fully saturated rings. The molecule has 0 spiro atoms. The molecule has 0 aliphatic rings. The van der Waals surface area contributed by atoms with Gasteiger partial charge in [0.05, 0.1) is 0 Å². The Bertz CT molecular complexity index is 656. The van der Waals surface area contributed by atoms with Crippen LogP contribution in [0.5, 0.6) is 0 Å². The van der Waals surface area contributed by atoms with Crippen LogP contribution in [0.25, 0.3) is 0 Å². The van der Waals surface area contributed by atoms with Crippen molar-refractivity contribution in [3.05, 3.63) is 58.9 Å². The number of thioether (sulfide) groups is 1. The monoisotopic (exact) mass is 304 g/mol. The van der Waals surface area contributed by atoms with Crippen LogP contribution < -0.4 is 11.1 Å². The fourth-order valence-corrected chi connectivity index (χ4v) is 2.35. The van der Waals surface area contributed by atoms with Crippen molar-refractivity contribution in [3.63, 3.8) is 0 Å². The predicted molar refractivity (Wildman–Crippen MR) is 85.2 cm³/mol. The molecule has 21 heavy (non-hydrogen) atoms. The van der Waals surface area contributed by atoms with E-state index in [0.29, 0.717) is 17.8 Å². The van der Waals surface area contributed by atoms with E-state index >= 15 is 0 Å². The van der Waals surface area contributed by atoms with E-state index in [0.717, 1.165) is 11.6 Å². The van der Waals surface area contributed by atoms with Crippen LogP contribution in [-0.4, -0.2) is 12.2 Å². The van der Waals surface area contributed by atoms with Gasteiger partial charge in [-0.15, -0.1) is 11.8 Å². The van der Waals surface area contributed by atoms with E-state index in [-0.39, 0.29) is 5.56 Å². The zero-order chi connectivity index (χ0) is 15.4. The summed E-state index contributed by atoms with van der Waals surface area (Å²) in [6.45, 7) is 2.22. The Balaban J connectivity index is 2.16. The third-order valence-corrected chi connectivity index (χ3v) is 4.01. The number of nitrogens with two attached hydrogens (primary N) is 1. The molecule has 2 aromatic carbocycles. The summed E-state index contributed by atoms with van der Waals surface area (Å²) in [6, 6.07) is 10.8. The van der Waals surface area contributed by atoms with Crippen LogP contribution in [-0.2, 0) is 6.54 Å². The summed E-state index contributed by atoms with van der Waals surface area (Å²) in [5, 5.41) is 3.15. The average Bonchev–Trinajstić information content (AvgIpc) is 2.49. The molecule has 0 radical (unpaired) electrons. The van der Waals surface area contributed by atoms with Crippen LogP contribution >= 0.6 is 11.8 Å². The topological polar surface area (TPSA) is 55.1 Å². The van der Waals surface area contributed by atoms with Crippen molar-refractivity contribution in [2.24, 2.45) is 5.73 Å². The average molecular weight is 304 g/mol. The lowest BCUT2D eigenvalue weighted by molar-refractivity contribution is 0.1000. The van der Waals surface area contributed by atoms with Crippen LogP contribution in [0.2, 0.25) is 0 Å². The lowest BCUT2D eigenvalue weighted by Crippen LogP contribution is -2.13. The molecule has 0 aliphatic carbocycles. The molecule has 0 unspecified atom stereocenters. The van der Waals surface area contributed by atoms with Crippen LogP contribution in [0.4, 0.5) is 10.1 Å². The fourth-order valence-electron chi connectivity index (χ4n) is 1.95. The molecule has 0 saturated carbocycles. The van der Waals surface area contributed by atoms with E-state index in [9.17, 15) is 9.18 Å². The number of hydrogen-bond donors (Lipinski definition) is 2. The van der Waals surface area contributed by atoms with E-state index in [4.69, 9.17) is 5.73 Å². The third kappa shape index (κ3) is 3.76. The maximum Gasteiger partial charge on any atom is 0.248 e. The molecule has 0 atom stereocenters. The van der Waals surface area contributed by atoms with Gasteiger partial charge in [-0.1, -0.05) is 12.1 Å². The van der Waals surface area contributed by atoms with Gasteiger partial charge >= 0.3 is 0 Å². The lowest BCUT2D eigenvalue weighted by Gasteiger charge is -2.12. The smallest absolute Gasteiger partial charge is 0.248 e. The molecule has 3 N–H and O–H groups in total. The SMILES string of the molecule is CSc1ccc(CNc2cc(C(N)=O)cc(F)c2C)cc1. The normalized spacial score (nSPS) is 10.4. The first kappa shape index (κ1) is 15.4. The summed E-state index contributed by atoms with van der Waals surface area (Å²) < 4.78 is 13.8. The van der Waals surface area contributed by atoms with Crippen molar-refractivity contribution < 1.29 is 9.18 Å². The second-order valence-electron chi connectivity index (χ2n) is 4.70. The van der Waals surface area contributed by atoms with Crippen LogP contribution in [0.3, 0.4) is 0 Å². The molecule has 0 saturated heterocycles. The van der Waals surface area contributed by atoms with Gasteiger partial charge in [0.15, 0.2) is 0 Å². The molecule has 0 aromatic heterocycles. The minimum absolute atomic E-state index is 0.165. The van der Waals surface area contributed by atoms with Gasteiger partial charge in [0, 0.05) is 28.3 Å². The van der Waals surface area contributed by atoms with Crippen LogP contribution in [0, 0.1) is 12.7 Å². The van der Waals surface area contributed by atoms with Gasteiger partial charge in [-0.3, -0.25) is 4.79 Å². The first-order valence-electron chi connectivity index (χ1n) is 6.48. The molecular weight excluding hydrogens is 287 g/mol. The molecule has 3 nitrogen and oxygen atoms in total. The standard InChI is InChI=1S/C16H17FN2OS/c1-10-14(17)7-12(16(18)20)8-15(10)19-9-11-3-5-13(21-2)6-4-11/h3-8,19H,9H2,1-2H3,(H2,18,20). The van der Waals surface area contributed by atoms with Gasteiger partial charge in [-0.2, -0.15) is 0 Å². The highest BCUT2D eigenvalue weighted by molar-refractivity contribution is 7.98. The van der Waals surface area contributed by atoms with Crippen LogP contribution in [0.1, 0.15) is 21.5 Å². The molecule has 0 heterocycles. The quantitative estimate of drug-likeness (QED) is 0.830. The summed E-state index contributed by atoms with van der Waals surface area (Å²) in [7, 11) is 0. The number of hydrogen-bond acceptors (Lipinski definition) is 3. The highest BCUT2D eigenvalue weighted by Gasteiger charge is 2.10. The van der Waals surface area contributed by atoms with Crippen molar-refractivity contribution in [1.82, 2.24) is 0 Å². The van der Waals surface area contributed by atoms with Gasteiger partial charge in [0.25, 0.3) is 0 Å². The lowest BCUT2D eigenvalue weighted by atomic mass is 10.1. The number of carbonyl (C=O) groups is 1. The number of rotatable bonds is 5. The minimum Gasteiger partial charge on any atom is -0.381 e. The third-order valence-electron chi connectivity index (χ3n) is 3.27. The highest BCUT2D eigenvalue weighted by Crippen LogP contribution is 2.22. The molecule has 0 aliphatic heterocycles. The first-order chi connectivity index (χ1) is 10.0. The Morgan fingerprint density at radius 1 is 1.29 bits per heavy atom. The number of nitrogens with one attached hydrogen (secondary N) is 1. The summed E-state index contributed by atoms with van der Waals surface area (Å²) in [6.07, 6.45) is 2.02. The molecule has 5 heteroatoms. The molecule has 1 amide bonds. The zero-order valence-electron chi connectivity index (χ0n) is 11.9. The van der Waals surface area contributed by atoms with E-state index < -0.39 is 11.7 Å². The zero-order valence-corrected chi connectivity index (χ0v) is 12.8. The Kier molecular flexibility index (Phi) is 4.85. The number of anilines is 1. The predicted octanol–water partition coefficient (Wildman–Crippen LogP) is 3.57. The van der Waals surface area contributed by atoms with Gasteiger partial charge in [-0.05, 0) is 43.0 Å². The molecular formula is C16H17FN2OS. The van der Waals surface area contributed by atoms with Crippen molar-refractivity contribution in [3.8, 4) is 0 Å². The van der Waals surface area contributed by atoms with Gasteiger partial charge in [0.1, 0.15) is 5.82 Å². The molecule has 0 bridgehead atoms. The molecule has 2 aromatic rings. The van der Waals surface area contributed by atoms with Crippen molar-refractivity contribution in [2.75, 3.05) is 11.6 Å². The number of primary amides is 1. The van der Waals surface area contributed by atoms with E-state index in [1.165, 1.54) is 4.90 Å². The Morgan fingerprint density at radius 3 is 2.52 bits per heavy atom. The Hall–Kier alpha value is -2.01.